The molecule has 1 N–H and O–H groups in total. The Labute approximate surface area is 156 Å². The van der Waals surface area contributed by atoms with Crippen molar-refractivity contribution in [3.63, 3.8) is 0 Å². The van der Waals surface area contributed by atoms with Crippen LogP contribution in [0.3, 0.4) is 0 Å². The molecule has 6 heteroatoms. The smallest absolute Gasteiger partial charge is 0.257 e. The molecule has 2 aromatic carbocycles. The first-order chi connectivity index (χ1) is 11.8. The Morgan fingerprint density at radius 3 is 2.76 bits per heavy atom. The van der Waals surface area contributed by atoms with Crippen molar-refractivity contribution in [2.75, 3.05) is 11.1 Å². The number of hydrogen-bond donors (Lipinski definition) is 1. The van der Waals surface area contributed by atoms with Crippen molar-refractivity contribution >= 4 is 46.1 Å². The van der Waals surface area contributed by atoms with Gasteiger partial charge in [0.1, 0.15) is 5.52 Å². The Bertz CT molecular complexity index is 915. The van der Waals surface area contributed by atoms with Gasteiger partial charge in [0.15, 0.2) is 5.58 Å². The van der Waals surface area contributed by atoms with Crippen molar-refractivity contribution in [2.24, 2.45) is 0 Å². The zero-order valence-corrected chi connectivity index (χ0v) is 15.9. The van der Waals surface area contributed by atoms with E-state index in [-0.39, 0.29) is 17.1 Å². The predicted octanol–water partition coefficient (Wildman–Crippen LogP) is 5.51. The highest BCUT2D eigenvalue weighted by molar-refractivity contribution is 7.99. The van der Waals surface area contributed by atoms with Crippen molar-refractivity contribution in [2.45, 2.75) is 31.4 Å². The van der Waals surface area contributed by atoms with Crippen LogP contribution in [-0.4, -0.2) is 16.6 Å². The second-order valence-corrected chi connectivity index (χ2v) is 8.09. The number of fused-ring (bicyclic) bond motifs is 1. The molecular weight excluding hydrogens is 356 g/mol. The van der Waals surface area contributed by atoms with Gasteiger partial charge in [-0.2, -0.15) is 0 Å². The third-order valence-corrected chi connectivity index (χ3v) is 4.73. The van der Waals surface area contributed by atoms with E-state index < -0.39 is 0 Å². The Morgan fingerprint density at radius 2 is 2.00 bits per heavy atom. The van der Waals surface area contributed by atoms with E-state index in [4.69, 9.17) is 16.0 Å². The van der Waals surface area contributed by atoms with E-state index in [1.165, 1.54) is 11.8 Å². The molecule has 0 aliphatic rings. The fraction of sp³-hybridized carbons (Fsp3) is 0.263. The summed E-state index contributed by atoms with van der Waals surface area (Å²) in [5.41, 5.74) is 3.24. The molecule has 1 aromatic heterocycles. The summed E-state index contributed by atoms with van der Waals surface area (Å²) >= 11 is 7.20. The average Bonchev–Trinajstić information content (AvgIpc) is 2.94. The maximum atomic E-state index is 12.3. The Balaban J connectivity index is 1.67. The largest absolute Gasteiger partial charge is 0.431 e. The van der Waals surface area contributed by atoms with Crippen LogP contribution in [0.1, 0.15) is 26.3 Å². The number of carbonyl (C=O) groups excluding carboxylic acids is 1. The molecule has 130 valence electrons. The number of para-hydroxylation sites is 1. The molecule has 0 radical (unpaired) electrons. The van der Waals surface area contributed by atoms with Crippen LogP contribution in [0.25, 0.3) is 11.1 Å². The maximum absolute atomic E-state index is 12.3. The normalized spacial score (nSPS) is 11.7. The highest BCUT2D eigenvalue weighted by Gasteiger charge is 2.19. The molecule has 25 heavy (non-hydrogen) atoms. The molecule has 0 aliphatic carbocycles. The molecule has 1 heterocycles. The number of carbonyl (C=O) groups is 1. The highest BCUT2D eigenvalue weighted by atomic mass is 35.5. The first kappa shape index (κ1) is 17.8. The van der Waals surface area contributed by atoms with Crippen molar-refractivity contribution in [1.82, 2.24) is 4.98 Å². The van der Waals surface area contributed by atoms with Gasteiger partial charge in [0.25, 0.3) is 5.22 Å². The fourth-order valence-corrected chi connectivity index (χ4v) is 3.31. The van der Waals surface area contributed by atoms with E-state index in [9.17, 15) is 4.79 Å². The summed E-state index contributed by atoms with van der Waals surface area (Å²) in [6, 6.07) is 13.1. The first-order valence-electron chi connectivity index (χ1n) is 7.91. The quantitative estimate of drug-likeness (QED) is 0.612. The Kier molecular flexibility index (Phi) is 5.06. The van der Waals surface area contributed by atoms with E-state index in [1.807, 2.05) is 24.3 Å². The number of halogens is 1. The zero-order valence-electron chi connectivity index (χ0n) is 14.3. The van der Waals surface area contributed by atoms with Gasteiger partial charge in [-0.15, -0.1) is 0 Å². The van der Waals surface area contributed by atoms with Gasteiger partial charge in [-0.3, -0.25) is 4.79 Å². The summed E-state index contributed by atoms with van der Waals surface area (Å²) in [4.78, 5) is 16.7. The number of rotatable bonds is 4. The minimum absolute atomic E-state index is 0.0451. The molecule has 0 atom stereocenters. The first-order valence-corrected chi connectivity index (χ1v) is 9.27. The highest BCUT2D eigenvalue weighted by Crippen LogP contribution is 2.30. The molecule has 3 aromatic rings. The van der Waals surface area contributed by atoms with Gasteiger partial charge >= 0.3 is 0 Å². The van der Waals surface area contributed by atoms with Gasteiger partial charge in [-0.25, -0.2) is 4.98 Å². The molecule has 0 aliphatic heterocycles. The molecule has 0 unspecified atom stereocenters. The summed E-state index contributed by atoms with van der Waals surface area (Å²) in [6.07, 6.45) is 0. The van der Waals surface area contributed by atoms with Crippen LogP contribution >= 0.6 is 23.4 Å². The number of thioether (sulfide) groups is 1. The van der Waals surface area contributed by atoms with E-state index in [0.717, 1.165) is 11.3 Å². The van der Waals surface area contributed by atoms with Gasteiger partial charge in [0.05, 0.1) is 5.75 Å². The van der Waals surface area contributed by atoms with Gasteiger partial charge in [-0.05, 0) is 35.2 Å². The average molecular weight is 375 g/mol. The molecule has 0 bridgehead atoms. The summed E-state index contributed by atoms with van der Waals surface area (Å²) in [5, 5.41) is 4.04. The minimum Gasteiger partial charge on any atom is -0.431 e. The van der Waals surface area contributed by atoms with Gasteiger partial charge < -0.3 is 9.73 Å². The SMILES string of the molecule is CC(C)(C)c1ccccc1NC(=O)CSc1nc2cc(Cl)ccc2o1. The lowest BCUT2D eigenvalue weighted by molar-refractivity contribution is -0.113. The summed E-state index contributed by atoms with van der Waals surface area (Å²) in [6.45, 7) is 6.36. The van der Waals surface area contributed by atoms with Crippen molar-refractivity contribution < 1.29 is 9.21 Å². The van der Waals surface area contributed by atoms with Crippen molar-refractivity contribution in [3.05, 3.63) is 53.1 Å². The number of benzene rings is 2. The number of anilines is 1. The molecule has 0 fully saturated rings. The maximum Gasteiger partial charge on any atom is 0.257 e. The standard InChI is InChI=1S/C19H19ClN2O2S/c1-19(2,3)13-6-4-5-7-14(13)21-17(23)11-25-18-22-15-10-12(20)8-9-16(15)24-18/h4-10H,11H2,1-3H3,(H,21,23). The van der Waals surface area contributed by atoms with Crippen LogP contribution in [0, 0.1) is 0 Å². The van der Waals surface area contributed by atoms with Crippen molar-refractivity contribution in [1.29, 1.82) is 0 Å². The predicted molar refractivity (Wildman–Crippen MR) is 104 cm³/mol. The lowest BCUT2D eigenvalue weighted by atomic mass is 9.86. The Morgan fingerprint density at radius 1 is 1.24 bits per heavy atom. The third kappa shape index (κ3) is 4.35. The van der Waals surface area contributed by atoms with E-state index in [2.05, 4.69) is 31.1 Å². The van der Waals surface area contributed by atoms with Crippen molar-refractivity contribution in [3.8, 4) is 0 Å². The summed E-state index contributed by atoms with van der Waals surface area (Å²) in [7, 11) is 0. The van der Waals surface area contributed by atoms with E-state index in [0.29, 0.717) is 21.3 Å². The molecule has 4 nitrogen and oxygen atoms in total. The van der Waals surface area contributed by atoms with Crippen LogP contribution in [0.5, 0.6) is 0 Å². The fourth-order valence-electron chi connectivity index (χ4n) is 2.50. The molecule has 0 saturated heterocycles. The topological polar surface area (TPSA) is 55.1 Å². The summed E-state index contributed by atoms with van der Waals surface area (Å²) in [5.74, 6) is 0.126. The lowest BCUT2D eigenvalue weighted by Gasteiger charge is -2.22. The van der Waals surface area contributed by atoms with Crippen LogP contribution in [0.15, 0.2) is 52.1 Å². The van der Waals surface area contributed by atoms with Gasteiger partial charge in [-0.1, -0.05) is 62.3 Å². The number of nitrogens with one attached hydrogen (secondary N) is 1. The monoisotopic (exact) mass is 374 g/mol. The van der Waals surface area contributed by atoms with Crippen LogP contribution in [-0.2, 0) is 10.2 Å². The Hall–Kier alpha value is -1.98. The van der Waals surface area contributed by atoms with Crippen LogP contribution in [0.4, 0.5) is 5.69 Å². The van der Waals surface area contributed by atoms with Crippen LogP contribution < -0.4 is 5.32 Å². The molecular formula is C19H19ClN2O2S. The summed E-state index contributed by atoms with van der Waals surface area (Å²) < 4.78 is 5.61. The zero-order chi connectivity index (χ0) is 18.0. The molecule has 0 saturated carbocycles. The number of amides is 1. The second kappa shape index (κ2) is 7.10. The van der Waals surface area contributed by atoms with Crippen LogP contribution in [0.2, 0.25) is 5.02 Å². The lowest BCUT2D eigenvalue weighted by Crippen LogP contribution is -2.19. The molecule has 1 amide bonds. The van der Waals surface area contributed by atoms with E-state index >= 15 is 0 Å². The van der Waals surface area contributed by atoms with Gasteiger partial charge in [0, 0.05) is 10.7 Å². The second-order valence-electron chi connectivity index (χ2n) is 6.72. The minimum atomic E-state index is -0.0954. The number of hydrogen-bond acceptors (Lipinski definition) is 4. The van der Waals surface area contributed by atoms with E-state index in [1.54, 1.807) is 18.2 Å². The van der Waals surface area contributed by atoms with Gasteiger partial charge in [0.2, 0.25) is 5.91 Å². The number of oxazole rings is 1. The molecule has 0 spiro atoms. The third-order valence-electron chi connectivity index (χ3n) is 3.67. The molecule has 3 rings (SSSR count). The number of nitrogens with zero attached hydrogens (tertiary/aromatic N) is 1. The number of aromatic nitrogens is 1.